The van der Waals surface area contributed by atoms with Crippen LogP contribution < -0.4 is 10.5 Å². The molecule has 100 valence electrons. The third-order valence-electron chi connectivity index (χ3n) is 2.97. The van der Waals surface area contributed by atoms with Crippen molar-refractivity contribution < 1.29 is 9.84 Å². The lowest BCUT2D eigenvalue weighted by molar-refractivity contribution is 0.147. The first-order valence-corrected chi connectivity index (χ1v) is 6.38. The first kappa shape index (κ1) is 13.6. The second-order valence-electron chi connectivity index (χ2n) is 4.62. The lowest BCUT2D eigenvalue weighted by Crippen LogP contribution is -2.24. The average Bonchev–Trinajstić information content (AvgIpc) is 2.45. The van der Waals surface area contributed by atoms with Gasteiger partial charge in [-0.15, -0.1) is 0 Å². The topological polar surface area (TPSA) is 55.5 Å². The standard InChI is InChI=1S/C16H19NO2/c1-12(17)16(18)14-9-5-6-10-15(14)19-11-13-7-3-2-4-8-13/h2-10,12,16,18H,11,17H2,1H3/t12-,16-/m1/s1. The molecule has 19 heavy (non-hydrogen) atoms. The fourth-order valence-corrected chi connectivity index (χ4v) is 1.87. The zero-order valence-electron chi connectivity index (χ0n) is 11.0. The summed E-state index contributed by atoms with van der Waals surface area (Å²) < 4.78 is 5.78. The molecule has 0 heterocycles. The normalized spacial score (nSPS) is 13.8. The predicted molar refractivity (Wildman–Crippen MR) is 75.8 cm³/mol. The first-order valence-electron chi connectivity index (χ1n) is 6.38. The molecule has 0 saturated heterocycles. The van der Waals surface area contributed by atoms with E-state index in [0.717, 1.165) is 11.1 Å². The summed E-state index contributed by atoms with van der Waals surface area (Å²) in [5.74, 6) is 0.677. The van der Waals surface area contributed by atoms with Gasteiger partial charge in [0.05, 0.1) is 6.10 Å². The molecule has 0 radical (unpaired) electrons. The van der Waals surface area contributed by atoms with E-state index in [9.17, 15) is 5.11 Å². The van der Waals surface area contributed by atoms with Crippen molar-refractivity contribution in [3.05, 3.63) is 65.7 Å². The maximum absolute atomic E-state index is 10.1. The second-order valence-corrected chi connectivity index (χ2v) is 4.62. The Morgan fingerprint density at radius 3 is 2.37 bits per heavy atom. The largest absolute Gasteiger partial charge is 0.489 e. The van der Waals surface area contributed by atoms with Crippen molar-refractivity contribution in [2.45, 2.75) is 25.7 Å². The van der Waals surface area contributed by atoms with Crippen LogP contribution in [0.4, 0.5) is 0 Å². The molecule has 0 bridgehead atoms. The van der Waals surface area contributed by atoms with Crippen molar-refractivity contribution in [3.8, 4) is 5.75 Å². The van der Waals surface area contributed by atoms with Crippen LogP contribution in [0.15, 0.2) is 54.6 Å². The number of aliphatic hydroxyl groups is 1. The molecule has 3 nitrogen and oxygen atoms in total. The van der Waals surface area contributed by atoms with E-state index in [4.69, 9.17) is 10.5 Å². The Morgan fingerprint density at radius 2 is 1.68 bits per heavy atom. The zero-order chi connectivity index (χ0) is 13.7. The summed E-state index contributed by atoms with van der Waals surface area (Å²) in [6.07, 6.45) is -0.716. The Balaban J connectivity index is 2.12. The Kier molecular flexibility index (Phi) is 4.55. The number of hydrogen-bond acceptors (Lipinski definition) is 3. The van der Waals surface area contributed by atoms with Crippen molar-refractivity contribution in [1.82, 2.24) is 0 Å². The highest BCUT2D eigenvalue weighted by molar-refractivity contribution is 5.36. The van der Waals surface area contributed by atoms with Crippen molar-refractivity contribution in [2.24, 2.45) is 5.73 Å². The van der Waals surface area contributed by atoms with Crippen LogP contribution in [0.1, 0.15) is 24.2 Å². The molecule has 2 atom stereocenters. The van der Waals surface area contributed by atoms with E-state index < -0.39 is 6.10 Å². The van der Waals surface area contributed by atoms with Gasteiger partial charge in [0.15, 0.2) is 0 Å². The van der Waals surface area contributed by atoms with Crippen LogP contribution in [0.3, 0.4) is 0 Å². The molecule has 0 amide bonds. The second kappa shape index (κ2) is 6.36. The Hall–Kier alpha value is -1.84. The van der Waals surface area contributed by atoms with Gasteiger partial charge in [-0.1, -0.05) is 48.5 Å². The highest BCUT2D eigenvalue weighted by Gasteiger charge is 2.16. The van der Waals surface area contributed by atoms with Gasteiger partial charge < -0.3 is 15.6 Å². The SMILES string of the molecule is C[C@@H](N)[C@@H](O)c1ccccc1OCc1ccccc1. The molecule has 0 aromatic heterocycles. The van der Waals surface area contributed by atoms with Crippen LogP contribution in [-0.2, 0) is 6.61 Å². The third kappa shape index (κ3) is 3.56. The number of para-hydroxylation sites is 1. The molecule has 3 heteroatoms. The number of aliphatic hydroxyl groups excluding tert-OH is 1. The molecule has 3 N–H and O–H groups in total. The summed E-state index contributed by atoms with van der Waals surface area (Å²) in [4.78, 5) is 0. The van der Waals surface area contributed by atoms with Crippen LogP contribution in [0.2, 0.25) is 0 Å². The van der Waals surface area contributed by atoms with Crippen molar-refractivity contribution >= 4 is 0 Å². The van der Waals surface area contributed by atoms with Crippen molar-refractivity contribution in [3.63, 3.8) is 0 Å². The summed E-state index contributed by atoms with van der Waals surface area (Å²) >= 11 is 0. The van der Waals surface area contributed by atoms with Gasteiger partial charge in [0.2, 0.25) is 0 Å². The van der Waals surface area contributed by atoms with Gasteiger partial charge in [0.25, 0.3) is 0 Å². The van der Waals surface area contributed by atoms with E-state index in [2.05, 4.69) is 0 Å². The summed E-state index contributed by atoms with van der Waals surface area (Å²) in [5, 5.41) is 10.1. The van der Waals surface area contributed by atoms with Crippen LogP contribution in [0, 0.1) is 0 Å². The number of rotatable bonds is 5. The van der Waals surface area contributed by atoms with Gasteiger partial charge in [-0.2, -0.15) is 0 Å². The van der Waals surface area contributed by atoms with Gasteiger partial charge in [-0.3, -0.25) is 0 Å². The first-order chi connectivity index (χ1) is 9.18. The number of nitrogens with two attached hydrogens (primary N) is 1. The quantitative estimate of drug-likeness (QED) is 0.865. The van der Waals surface area contributed by atoms with E-state index in [1.807, 2.05) is 54.6 Å². The smallest absolute Gasteiger partial charge is 0.125 e. The van der Waals surface area contributed by atoms with Gasteiger partial charge >= 0.3 is 0 Å². The molecule has 0 aliphatic heterocycles. The van der Waals surface area contributed by atoms with Gasteiger partial charge in [0.1, 0.15) is 12.4 Å². The molecule has 0 unspecified atom stereocenters. The van der Waals surface area contributed by atoms with Crippen LogP contribution in [0.25, 0.3) is 0 Å². The van der Waals surface area contributed by atoms with E-state index in [0.29, 0.717) is 12.4 Å². The molecule has 0 aliphatic rings. The maximum Gasteiger partial charge on any atom is 0.125 e. The predicted octanol–water partition coefficient (Wildman–Crippen LogP) is 2.65. The molecule has 0 fully saturated rings. The van der Waals surface area contributed by atoms with E-state index >= 15 is 0 Å². The zero-order valence-corrected chi connectivity index (χ0v) is 11.0. The minimum absolute atomic E-state index is 0.332. The maximum atomic E-state index is 10.1. The molecule has 2 rings (SSSR count). The minimum Gasteiger partial charge on any atom is -0.489 e. The van der Waals surface area contributed by atoms with E-state index in [1.54, 1.807) is 6.92 Å². The number of ether oxygens (including phenoxy) is 1. The van der Waals surface area contributed by atoms with Gasteiger partial charge in [-0.05, 0) is 18.6 Å². The van der Waals surface area contributed by atoms with Gasteiger partial charge in [-0.25, -0.2) is 0 Å². The number of hydrogen-bond donors (Lipinski definition) is 2. The van der Waals surface area contributed by atoms with E-state index in [1.165, 1.54) is 0 Å². The molecule has 0 aliphatic carbocycles. The van der Waals surface area contributed by atoms with E-state index in [-0.39, 0.29) is 6.04 Å². The highest BCUT2D eigenvalue weighted by atomic mass is 16.5. The summed E-state index contributed by atoms with van der Waals surface area (Å²) in [7, 11) is 0. The Labute approximate surface area is 113 Å². The average molecular weight is 257 g/mol. The molecular formula is C16H19NO2. The summed E-state index contributed by atoms with van der Waals surface area (Å²) in [6, 6.07) is 17.0. The molecule has 0 spiro atoms. The minimum atomic E-state index is -0.716. The molecular weight excluding hydrogens is 238 g/mol. The fraction of sp³-hybridized carbons (Fsp3) is 0.250. The van der Waals surface area contributed by atoms with Crippen molar-refractivity contribution in [2.75, 3.05) is 0 Å². The fourth-order valence-electron chi connectivity index (χ4n) is 1.87. The lowest BCUT2D eigenvalue weighted by Gasteiger charge is -2.18. The number of benzene rings is 2. The van der Waals surface area contributed by atoms with Crippen LogP contribution >= 0.6 is 0 Å². The van der Waals surface area contributed by atoms with Crippen molar-refractivity contribution in [1.29, 1.82) is 0 Å². The molecule has 0 saturated carbocycles. The molecule has 2 aromatic carbocycles. The van der Waals surface area contributed by atoms with Crippen LogP contribution in [0.5, 0.6) is 5.75 Å². The lowest BCUT2D eigenvalue weighted by atomic mass is 10.0. The Morgan fingerprint density at radius 1 is 1.05 bits per heavy atom. The third-order valence-corrected chi connectivity index (χ3v) is 2.97. The van der Waals surface area contributed by atoms with Crippen LogP contribution in [-0.4, -0.2) is 11.1 Å². The summed E-state index contributed by atoms with van der Waals surface area (Å²) in [6.45, 7) is 2.25. The Bertz CT molecular complexity index is 511. The molecule has 2 aromatic rings. The monoisotopic (exact) mass is 257 g/mol. The summed E-state index contributed by atoms with van der Waals surface area (Å²) in [5.41, 5.74) is 7.56. The highest BCUT2D eigenvalue weighted by Crippen LogP contribution is 2.27. The van der Waals surface area contributed by atoms with Gasteiger partial charge in [0, 0.05) is 11.6 Å².